The van der Waals surface area contributed by atoms with Crippen LogP contribution in [0.1, 0.15) is 22.1 Å². The van der Waals surface area contributed by atoms with E-state index in [2.05, 4.69) is 10.1 Å². The highest BCUT2D eigenvalue weighted by Gasteiger charge is 2.33. The van der Waals surface area contributed by atoms with E-state index in [-0.39, 0.29) is 17.6 Å². The van der Waals surface area contributed by atoms with Crippen LogP contribution in [0.3, 0.4) is 0 Å². The molecule has 3 heterocycles. The van der Waals surface area contributed by atoms with E-state index in [9.17, 15) is 9.59 Å². The number of aromatic nitrogens is 2. The SMILES string of the molecule is COC(=O)C(c1ccc(Cl)cc1)N1CCN(C(=O)c2cc(-c3cccnc3)on2)CC1. The Labute approximate surface area is 184 Å². The molecule has 1 aliphatic heterocycles. The van der Waals surface area contributed by atoms with Crippen LogP contribution >= 0.6 is 11.6 Å². The molecular weight excluding hydrogens is 420 g/mol. The number of halogens is 1. The minimum atomic E-state index is -0.552. The van der Waals surface area contributed by atoms with Gasteiger partial charge >= 0.3 is 5.97 Å². The number of carbonyl (C=O) groups excluding carboxylic acids is 2. The fraction of sp³-hybridized carbons (Fsp3) is 0.273. The first kappa shape index (κ1) is 21.0. The quantitative estimate of drug-likeness (QED) is 0.563. The number of hydrogen-bond acceptors (Lipinski definition) is 7. The summed E-state index contributed by atoms with van der Waals surface area (Å²) in [5.74, 6) is -0.0667. The summed E-state index contributed by atoms with van der Waals surface area (Å²) in [6, 6.07) is 11.8. The predicted octanol–water partition coefficient (Wildman–Crippen LogP) is 3.06. The van der Waals surface area contributed by atoms with Gasteiger partial charge in [0.2, 0.25) is 0 Å². The lowest BCUT2D eigenvalue weighted by Crippen LogP contribution is -2.51. The molecule has 0 aliphatic carbocycles. The molecule has 2 aromatic heterocycles. The van der Waals surface area contributed by atoms with Crippen LogP contribution < -0.4 is 0 Å². The zero-order valence-corrected chi connectivity index (χ0v) is 17.7. The normalized spacial score (nSPS) is 15.5. The van der Waals surface area contributed by atoms with E-state index >= 15 is 0 Å². The second-order valence-electron chi connectivity index (χ2n) is 7.12. The summed E-state index contributed by atoms with van der Waals surface area (Å²) in [4.78, 5) is 33.1. The van der Waals surface area contributed by atoms with Gasteiger partial charge in [-0.15, -0.1) is 0 Å². The van der Waals surface area contributed by atoms with Gasteiger partial charge in [-0.05, 0) is 29.8 Å². The summed E-state index contributed by atoms with van der Waals surface area (Å²) in [7, 11) is 1.37. The molecule has 0 saturated carbocycles. The molecule has 8 nitrogen and oxygen atoms in total. The molecule has 3 aromatic rings. The van der Waals surface area contributed by atoms with Crippen molar-refractivity contribution >= 4 is 23.5 Å². The Kier molecular flexibility index (Phi) is 6.29. The number of methoxy groups -OCH3 is 1. The number of amides is 1. The van der Waals surface area contributed by atoms with E-state index in [1.54, 1.807) is 41.6 Å². The fourth-order valence-electron chi connectivity index (χ4n) is 3.62. The maximum absolute atomic E-state index is 12.9. The van der Waals surface area contributed by atoms with Gasteiger partial charge in [0.25, 0.3) is 5.91 Å². The molecule has 1 aliphatic rings. The molecule has 1 fully saturated rings. The first-order chi connectivity index (χ1) is 15.1. The molecule has 0 radical (unpaired) electrons. The minimum Gasteiger partial charge on any atom is -0.468 e. The lowest BCUT2D eigenvalue weighted by Gasteiger charge is -2.38. The van der Waals surface area contributed by atoms with Crippen molar-refractivity contribution in [3.05, 3.63) is 71.1 Å². The van der Waals surface area contributed by atoms with E-state index < -0.39 is 6.04 Å². The fourth-order valence-corrected chi connectivity index (χ4v) is 3.74. The Hall–Kier alpha value is -3.23. The number of carbonyl (C=O) groups is 2. The van der Waals surface area contributed by atoms with E-state index in [1.807, 2.05) is 23.1 Å². The van der Waals surface area contributed by atoms with Gasteiger partial charge in [0.1, 0.15) is 6.04 Å². The van der Waals surface area contributed by atoms with Crippen LogP contribution in [0, 0.1) is 0 Å². The van der Waals surface area contributed by atoms with E-state index in [0.717, 1.165) is 11.1 Å². The number of piperazine rings is 1. The van der Waals surface area contributed by atoms with Gasteiger partial charge in [-0.1, -0.05) is 28.9 Å². The molecule has 1 saturated heterocycles. The minimum absolute atomic E-state index is 0.209. The highest BCUT2D eigenvalue weighted by atomic mass is 35.5. The Balaban J connectivity index is 1.43. The zero-order chi connectivity index (χ0) is 21.8. The maximum Gasteiger partial charge on any atom is 0.327 e. The molecule has 0 spiro atoms. The van der Waals surface area contributed by atoms with Crippen LogP contribution in [0.5, 0.6) is 0 Å². The molecule has 160 valence electrons. The average molecular weight is 441 g/mol. The van der Waals surface area contributed by atoms with Crippen LogP contribution in [0.4, 0.5) is 0 Å². The van der Waals surface area contributed by atoms with Crippen molar-refractivity contribution in [2.45, 2.75) is 6.04 Å². The standard InChI is InChI=1S/C22H21ClN4O4/c1-30-22(29)20(15-4-6-17(23)7-5-15)26-9-11-27(12-10-26)21(28)18-13-19(31-25-18)16-3-2-8-24-14-16/h2-8,13-14,20H,9-12H2,1H3. The second kappa shape index (κ2) is 9.28. The van der Waals surface area contributed by atoms with Crippen molar-refractivity contribution in [2.24, 2.45) is 0 Å². The monoisotopic (exact) mass is 440 g/mol. The molecule has 0 bridgehead atoms. The number of esters is 1. The van der Waals surface area contributed by atoms with Gasteiger partial charge in [0.15, 0.2) is 11.5 Å². The van der Waals surface area contributed by atoms with Crippen LogP contribution in [0.2, 0.25) is 5.02 Å². The van der Waals surface area contributed by atoms with E-state index in [0.29, 0.717) is 37.0 Å². The number of hydrogen-bond donors (Lipinski definition) is 0. The molecule has 1 aromatic carbocycles. The summed E-state index contributed by atoms with van der Waals surface area (Å²) in [5.41, 5.74) is 1.80. The molecule has 1 amide bonds. The molecule has 0 N–H and O–H groups in total. The van der Waals surface area contributed by atoms with Crippen molar-refractivity contribution in [1.82, 2.24) is 19.9 Å². The third kappa shape index (κ3) is 4.60. The van der Waals surface area contributed by atoms with Crippen LogP contribution in [-0.4, -0.2) is 65.1 Å². The lowest BCUT2D eigenvalue weighted by atomic mass is 10.0. The van der Waals surface area contributed by atoms with E-state index in [1.165, 1.54) is 7.11 Å². The number of nitrogens with zero attached hydrogens (tertiary/aromatic N) is 4. The highest BCUT2D eigenvalue weighted by Crippen LogP contribution is 2.26. The predicted molar refractivity (Wildman–Crippen MR) is 113 cm³/mol. The van der Waals surface area contributed by atoms with Crippen molar-refractivity contribution < 1.29 is 18.8 Å². The van der Waals surface area contributed by atoms with Crippen LogP contribution in [0.25, 0.3) is 11.3 Å². The molecule has 1 unspecified atom stereocenters. The maximum atomic E-state index is 12.9. The number of pyridine rings is 1. The Bertz CT molecular complexity index is 1050. The average Bonchev–Trinajstić information content (AvgIpc) is 3.31. The number of rotatable bonds is 5. The molecule has 1 atom stereocenters. The Morgan fingerprint density at radius 1 is 1.13 bits per heavy atom. The lowest BCUT2D eigenvalue weighted by molar-refractivity contribution is -0.148. The number of ether oxygens (including phenoxy) is 1. The van der Waals surface area contributed by atoms with Crippen LogP contribution in [0.15, 0.2) is 59.4 Å². The number of benzene rings is 1. The smallest absolute Gasteiger partial charge is 0.327 e. The summed E-state index contributed by atoms with van der Waals surface area (Å²) < 4.78 is 10.3. The van der Waals surface area contributed by atoms with Gasteiger partial charge in [0.05, 0.1) is 7.11 Å². The third-order valence-electron chi connectivity index (χ3n) is 5.25. The van der Waals surface area contributed by atoms with Crippen molar-refractivity contribution in [3.63, 3.8) is 0 Å². The second-order valence-corrected chi connectivity index (χ2v) is 7.56. The van der Waals surface area contributed by atoms with Gasteiger partial charge in [-0.3, -0.25) is 14.7 Å². The zero-order valence-electron chi connectivity index (χ0n) is 16.9. The van der Waals surface area contributed by atoms with Crippen molar-refractivity contribution in [2.75, 3.05) is 33.3 Å². The molecular formula is C22H21ClN4O4. The first-order valence-corrected chi connectivity index (χ1v) is 10.2. The van der Waals surface area contributed by atoms with Gasteiger partial charge < -0.3 is 14.2 Å². The third-order valence-corrected chi connectivity index (χ3v) is 5.50. The van der Waals surface area contributed by atoms with Gasteiger partial charge in [0, 0.05) is 55.2 Å². The molecule has 9 heteroatoms. The molecule has 4 rings (SSSR count). The van der Waals surface area contributed by atoms with Gasteiger partial charge in [-0.25, -0.2) is 4.79 Å². The van der Waals surface area contributed by atoms with Gasteiger partial charge in [-0.2, -0.15) is 0 Å². The summed E-state index contributed by atoms with van der Waals surface area (Å²) >= 11 is 5.98. The summed E-state index contributed by atoms with van der Waals surface area (Å²) in [6.07, 6.45) is 3.31. The summed E-state index contributed by atoms with van der Waals surface area (Å²) in [6.45, 7) is 1.94. The highest BCUT2D eigenvalue weighted by molar-refractivity contribution is 6.30. The largest absolute Gasteiger partial charge is 0.468 e. The van der Waals surface area contributed by atoms with Crippen LogP contribution in [-0.2, 0) is 9.53 Å². The Morgan fingerprint density at radius 2 is 1.87 bits per heavy atom. The first-order valence-electron chi connectivity index (χ1n) is 9.80. The van der Waals surface area contributed by atoms with Crippen molar-refractivity contribution in [1.29, 1.82) is 0 Å². The van der Waals surface area contributed by atoms with Crippen molar-refractivity contribution in [3.8, 4) is 11.3 Å². The molecule has 31 heavy (non-hydrogen) atoms. The van der Waals surface area contributed by atoms with E-state index in [4.69, 9.17) is 20.9 Å². The summed E-state index contributed by atoms with van der Waals surface area (Å²) in [5, 5.41) is 4.52. The Morgan fingerprint density at radius 3 is 2.52 bits per heavy atom. The topological polar surface area (TPSA) is 88.8 Å².